The summed E-state index contributed by atoms with van der Waals surface area (Å²) in [6, 6.07) is 56.9. The number of nitrogen functional groups attached to an aromatic ring is 7. The predicted octanol–water partition coefficient (Wildman–Crippen LogP) is 13.7. The summed E-state index contributed by atoms with van der Waals surface area (Å²) < 4.78 is 41.2. The minimum Gasteiger partial charge on any atom is -0.398 e. The van der Waals surface area contributed by atoms with Gasteiger partial charge < -0.3 is 77.4 Å². The minimum atomic E-state index is -4.64. The Balaban J connectivity index is 0.000000215. The first-order chi connectivity index (χ1) is 71.1. The molecule has 0 saturated carbocycles. The zero-order chi connectivity index (χ0) is 108. The van der Waals surface area contributed by atoms with Gasteiger partial charge in [-0.3, -0.25) is 52.9 Å². The topological polar surface area (TPSA) is 623 Å². The maximum atomic E-state index is 13.2. The first-order valence-corrected chi connectivity index (χ1v) is 51.4. The zero-order valence-electron chi connectivity index (χ0n) is 80.6. The van der Waals surface area contributed by atoms with Crippen molar-refractivity contribution >= 4 is 198 Å². The summed E-state index contributed by atoms with van der Waals surface area (Å²) in [5, 5.41) is 31.6. The third-order valence-corrected chi connectivity index (χ3v) is 26.6. The number of nitrogens with two attached hydrogens (primary N) is 11. The van der Waals surface area contributed by atoms with Crippen molar-refractivity contribution in [2.75, 3.05) is 70.8 Å². The Kier molecular flexibility index (Phi) is 51.4. The van der Waals surface area contributed by atoms with Crippen molar-refractivity contribution in [2.24, 2.45) is 28.7 Å². The van der Waals surface area contributed by atoms with E-state index in [2.05, 4.69) is 165 Å². The number of nitrogens with one attached hydrogen (secondary N) is 7. The lowest BCUT2D eigenvalue weighted by molar-refractivity contribution is -0.121. The number of fused-ring (bicyclic) bond motifs is 2. The number of amides is 7. The molecule has 2 saturated heterocycles. The van der Waals surface area contributed by atoms with Gasteiger partial charge in [0.05, 0.1) is 63.3 Å². The number of hydrogen-bond donors (Lipinski definition) is 25. The van der Waals surface area contributed by atoms with Gasteiger partial charge in [0.2, 0.25) is 5.91 Å². The van der Waals surface area contributed by atoms with E-state index in [4.69, 9.17) is 69.3 Å². The van der Waals surface area contributed by atoms with Crippen LogP contribution in [0.5, 0.6) is 0 Å². The summed E-state index contributed by atoms with van der Waals surface area (Å²) in [7, 11) is 0. The number of benzene rings is 10. The second-order valence-electron chi connectivity index (χ2n) is 33.5. The van der Waals surface area contributed by atoms with Crippen LogP contribution in [0.25, 0.3) is 16.0 Å². The monoisotopic (exact) mass is 2180 g/mol. The highest BCUT2D eigenvalue weighted by molar-refractivity contribution is 8.00. The van der Waals surface area contributed by atoms with E-state index in [1.807, 2.05) is 103 Å². The molecule has 1 aliphatic carbocycles. The molecule has 2 aliphatic heterocycles. The summed E-state index contributed by atoms with van der Waals surface area (Å²) in [5.74, 6) is 22.9. The van der Waals surface area contributed by atoms with Crippen LogP contribution < -0.4 is 101 Å². The lowest BCUT2D eigenvalue weighted by atomic mass is 9.88. The van der Waals surface area contributed by atoms with Crippen molar-refractivity contribution < 1.29 is 70.9 Å². The highest BCUT2D eigenvalue weighted by Crippen LogP contribution is 2.39. The van der Waals surface area contributed by atoms with Crippen LogP contribution >= 0.6 is 100 Å². The highest BCUT2D eigenvalue weighted by Gasteiger charge is 2.43. The highest BCUT2D eigenvalue weighted by atomic mass is 32.2. The second kappa shape index (κ2) is 63.1. The normalized spacial score (nSPS) is 13.4. The summed E-state index contributed by atoms with van der Waals surface area (Å²) in [5.41, 5.74) is 68.6. The zero-order valence-corrected chi connectivity index (χ0v) is 87.7. The number of nitrogens with zero attached hydrogens (tertiary/aromatic N) is 6. The van der Waals surface area contributed by atoms with Crippen LogP contribution in [0, 0.1) is 0 Å². The van der Waals surface area contributed by atoms with Gasteiger partial charge in [-0.2, -0.15) is 113 Å². The molecule has 11 aromatic rings. The summed E-state index contributed by atoms with van der Waals surface area (Å²) >= 11 is 31.1. The van der Waals surface area contributed by atoms with Gasteiger partial charge in [-0.15, -0.1) is 5.10 Å². The molecule has 7 amide bonds. The largest absolute Gasteiger partial charge is 0.417 e. The van der Waals surface area contributed by atoms with Crippen molar-refractivity contribution in [1.82, 2.24) is 46.9 Å². The predicted molar refractivity (Wildman–Crippen MR) is 599 cm³/mol. The summed E-state index contributed by atoms with van der Waals surface area (Å²) in [4.78, 5) is 117. The SMILES string of the molecule is NOCc1ccc(CS)c(N)c1.NOCc1ccc(NC(=O)c2ccc(CS)c(N)c2)cc1.NOCc1cccc(C(=O)NCc2ccc(CS)c(N)c2)c1.NOCc1cn(Cc2ccc(CS)c(N)c2)nn1.Nc1cc(C(=O)NCC(=O)Cc2ccc3c(c2)CC(=O)C=C3C(F)(F)F)ccc1CS.Nc1cc(C(=O)NCCCNC(=O)CCCC[C@H]2SCC3NC(=O)NC32)ccc1CS.[N-]=[N+]=NCc1ccc(CS)c(N)c1. The average Bonchev–Trinajstić information content (AvgIpc) is 1.01. The van der Waals surface area contributed by atoms with Crippen LogP contribution in [0.2, 0.25) is 0 Å². The van der Waals surface area contributed by atoms with E-state index in [0.717, 1.165) is 109 Å². The van der Waals surface area contributed by atoms with Crippen molar-refractivity contribution in [2.45, 2.75) is 155 Å². The van der Waals surface area contributed by atoms with Crippen molar-refractivity contribution in [3.63, 3.8) is 0 Å². The maximum Gasteiger partial charge on any atom is 0.417 e. The standard InChI is InChI=1S/C22H19F3N2O3S.C21H31N5O3S2.C16H19N3O2S.C15H17N3O2S.C11H15N5OS.C8H10N4S.C8H12N2OS/c23-22(24,25)19-9-16(28)7-15-5-12(1-4-18(15)19)6-17(29)10-27-21(30)13-2-3-14(11-31)20(26)8-13;22-15-10-13(6-7-14(15)11-30)20(28)24-9-3-8-23-18(27)5-2-1-4-17-19-16(12-31-17)25-21(29)26-19;17-15-7-11(4-5-14(15)10-22)8-19-16(20)13-3-1-2-12(6-13)9-21-18;16-14-7-11(3-4-12(14)9-21)15(19)18-13-5-1-10(2-6-13)8-20-17;12-11-3-8(1-2-9(11)7-18)4-16-5-10(6-17-13)14-15-16;9-8-3-6(4-11-12-10)1-2-7(8)5-13;9-8-3-6(4-11-10)1-2-7(8)5-12/h1-5,8-9,31H,6-7,10-11,26H2,(H,27,30);6-7,10,16-17,19,30H,1-5,8-9,11-12,22H2,(H,23,27)(H,24,28)(H2,25,26,29);1-7,22H,8-10,17-18H2,(H,19,20);1-7,21H,8-9,16-17H2,(H,18,19);1-3,5,18H,4,6-7,12-13H2;1-3,13H,4-5,9H2;1-3,12H,4-5,9-10H2/t;16?,17-,19?;;;;;/m.1...../s1. The van der Waals surface area contributed by atoms with Gasteiger partial charge in [0.1, 0.15) is 12.3 Å². The first kappa shape index (κ1) is 120. The fraction of sp³-hybridized carbons (Fsp3) is 0.287. The van der Waals surface area contributed by atoms with Gasteiger partial charge in [-0.25, -0.2) is 33.1 Å². The molecular formula is C101H123F3N24O12S8. The Morgan fingerprint density at radius 1 is 0.493 bits per heavy atom. The second-order valence-corrected chi connectivity index (χ2v) is 37.0. The van der Waals surface area contributed by atoms with Crippen LogP contribution in [0.4, 0.5) is 63.5 Å². The van der Waals surface area contributed by atoms with Gasteiger partial charge in [-0.1, -0.05) is 126 Å². The molecule has 2 fully saturated rings. The molecule has 3 heterocycles. The van der Waals surface area contributed by atoms with Crippen LogP contribution in [-0.4, -0.2) is 111 Å². The molecule has 148 heavy (non-hydrogen) atoms. The van der Waals surface area contributed by atoms with Gasteiger partial charge in [0.15, 0.2) is 11.6 Å². The quantitative estimate of drug-likeness (QED) is 0.00249. The van der Waals surface area contributed by atoms with Crippen molar-refractivity contribution in [3.8, 4) is 0 Å². The molecule has 3 atom stereocenters. The number of anilines is 8. The molecule has 29 N–H and O–H groups in total. The number of thiol groups is 7. The molecule has 47 heteroatoms. The number of hydrogen-bond acceptors (Lipinski definition) is 34. The summed E-state index contributed by atoms with van der Waals surface area (Å²) in [6.45, 7) is 3.34. The number of carbonyl (C=O) groups is 8. The average molecular weight is 2180 g/mol. The maximum absolute atomic E-state index is 13.2. The smallest absolute Gasteiger partial charge is 0.398 e. The molecule has 10 aromatic carbocycles. The number of ketones is 2. The Morgan fingerprint density at radius 3 is 1.49 bits per heavy atom. The molecule has 36 nitrogen and oxygen atoms in total. The molecule has 0 radical (unpaired) electrons. The number of Topliss-reactive ketones (excluding diaryl/α,β-unsaturated/α-hetero) is 1. The Hall–Kier alpha value is -12.8. The minimum absolute atomic E-state index is 0.0363. The van der Waals surface area contributed by atoms with E-state index >= 15 is 0 Å². The molecular weight excluding hydrogens is 2050 g/mol. The molecule has 1 aromatic heterocycles. The number of rotatable bonds is 39. The Morgan fingerprint density at radius 2 is 0.953 bits per heavy atom. The van der Waals surface area contributed by atoms with E-state index in [0.29, 0.717) is 178 Å². The van der Waals surface area contributed by atoms with E-state index in [9.17, 15) is 51.5 Å². The van der Waals surface area contributed by atoms with Crippen LogP contribution in [0.1, 0.15) is 168 Å². The van der Waals surface area contributed by atoms with E-state index in [1.165, 1.54) is 24.3 Å². The van der Waals surface area contributed by atoms with E-state index in [1.54, 1.807) is 89.7 Å². The molecule has 788 valence electrons. The third-order valence-electron chi connectivity index (χ3n) is 22.7. The third kappa shape index (κ3) is 39.7. The Labute approximate surface area is 897 Å². The van der Waals surface area contributed by atoms with Crippen molar-refractivity contribution in [3.05, 3.63) is 334 Å². The molecule has 14 rings (SSSR count). The lowest BCUT2D eigenvalue weighted by Crippen LogP contribution is -2.36. The molecule has 2 unspecified atom stereocenters. The fourth-order valence-corrected chi connectivity index (χ4v) is 18.3. The molecule has 0 spiro atoms. The number of urea groups is 1. The molecule has 3 aliphatic rings. The van der Waals surface area contributed by atoms with Gasteiger partial charge >= 0.3 is 12.2 Å². The number of aromatic nitrogens is 3. The number of allylic oxidation sites excluding steroid dienone is 2. The molecule has 0 bridgehead atoms. The van der Waals surface area contributed by atoms with Crippen LogP contribution in [0.15, 0.2) is 212 Å². The van der Waals surface area contributed by atoms with Crippen molar-refractivity contribution in [1.29, 1.82) is 0 Å². The first-order valence-electron chi connectivity index (χ1n) is 45.9. The number of thioether (sulfide) groups is 1. The lowest BCUT2D eigenvalue weighted by Gasteiger charge is -2.20. The van der Waals surface area contributed by atoms with Gasteiger partial charge in [0, 0.05) is 163 Å². The van der Waals surface area contributed by atoms with E-state index in [-0.39, 0.29) is 91.3 Å². The van der Waals surface area contributed by atoms with Gasteiger partial charge in [0.25, 0.3) is 23.6 Å². The number of alkyl halides is 3. The van der Waals surface area contributed by atoms with Crippen LogP contribution in [0.3, 0.4) is 0 Å². The number of azide groups is 1. The summed E-state index contributed by atoms with van der Waals surface area (Å²) in [6.07, 6.45) is 1.49. The van der Waals surface area contributed by atoms with Crippen LogP contribution in [-0.2, 0) is 133 Å². The number of carbonyl (C=O) groups excluding carboxylic acids is 8. The Bertz CT molecular complexity index is 6390. The fourth-order valence-electron chi connectivity index (χ4n) is 14.8. The van der Waals surface area contributed by atoms with E-state index < -0.39 is 23.4 Å². The number of unbranched alkanes of at least 4 members (excludes halogenated alkanes) is 1. The van der Waals surface area contributed by atoms with Gasteiger partial charge in [-0.05, 0) is 205 Å². The number of halogens is 3.